The highest BCUT2D eigenvalue weighted by molar-refractivity contribution is 5.94. The van der Waals surface area contributed by atoms with Crippen LogP contribution in [0.15, 0.2) is 0 Å². The Labute approximate surface area is 94.9 Å². The van der Waals surface area contributed by atoms with Crippen molar-refractivity contribution in [1.82, 2.24) is 4.90 Å². The topological polar surface area (TPSA) is 152 Å². The monoisotopic (exact) mass is 249 g/mol. The third-order valence-corrected chi connectivity index (χ3v) is 2.16. The average molecular weight is 249 g/mol. The minimum Gasteiger partial charge on any atom is -0.481 e. The van der Waals surface area contributed by atoms with Gasteiger partial charge in [-0.3, -0.25) is 4.79 Å². The van der Waals surface area contributed by atoms with Crippen molar-refractivity contribution in [2.24, 2.45) is 0 Å². The molecule has 1 atom stereocenters. The van der Waals surface area contributed by atoms with E-state index < -0.39 is 42.5 Å². The Bertz CT molecular complexity index is 351. The van der Waals surface area contributed by atoms with E-state index in [1.807, 2.05) is 0 Å². The maximum Gasteiger partial charge on any atom is 0.417 e. The lowest BCUT2D eigenvalue weighted by molar-refractivity contribution is -0.149. The molecule has 0 bridgehead atoms. The molecule has 0 aliphatic rings. The molecule has 0 radical (unpaired) electrons. The number of carboxylic acid groups (broad SMARTS) is 4. The molecule has 17 heavy (non-hydrogen) atoms. The number of hydrogen-bond acceptors (Lipinski definition) is 4. The molecule has 0 aromatic carbocycles. The molecule has 0 aliphatic heterocycles. The van der Waals surface area contributed by atoms with Crippen LogP contribution in [-0.2, 0) is 9.59 Å². The fourth-order valence-electron chi connectivity index (χ4n) is 1.17. The normalized spacial score (nSPS) is 13.5. The third-order valence-electron chi connectivity index (χ3n) is 2.16. The van der Waals surface area contributed by atoms with Crippen molar-refractivity contribution in [3.8, 4) is 0 Å². The zero-order valence-corrected chi connectivity index (χ0v) is 8.78. The molecule has 0 saturated carbocycles. The summed E-state index contributed by atoms with van der Waals surface area (Å²) in [4.78, 5) is 42.3. The summed E-state index contributed by atoms with van der Waals surface area (Å²) in [5, 5.41) is 34.5. The van der Waals surface area contributed by atoms with Crippen LogP contribution in [0, 0.1) is 0 Å². The first kappa shape index (κ1) is 14.7. The number of nitrogens with zero attached hydrogens (tertiary/aromatic N) is 1. The van der Waals surface area contributed by atoms with Gasteiger partial charge in [0.25, 0.3) is 0 Å². The third kappa shape index (κ3) is 3.33. The molecule has 0 fully saturated rings. The summed E-state index contributed by atoms with van der Waals surface area (Å²) in [6, 6.07) is 0. The molecule has 9 nitrogen and oxygen atoms in total. The molecule has 96 valence electrons. The van der Waals surface area contributed by atoms with E-state index in [1.165, 1.54) is 0 Å². The van der Waals surface area contributed by atoms with E-state index in [0.717, 1.165) is 6.92 Å². The van der Waals surface area contributed by atoms with Gasteiger partial charge in [0.15, 0.2) is 5.54 Å². The summed E-state index contributed by atoms with van der Waals surface area (Å²) in [6.07, 6.45) is -5.28. The molecule has 0 heterocycles. The van der Waals surface area contributed by atoms with Crippen molar-refractivity contribution in [2.75, 3.05) is 0 Å². The summed E-state index contributed by atoms with van der Waals surface area (Å²) in [7, 11) is 0. The number of imide groups is 1. The van der Waals surface area contributed by atoms with Gasteiger partial charge in [-0.15, -0.1) is 0 Å². The Balaban J connectivity index is 5.29. The van der Waals surface area contributed by atoms with E-state index in [-0.39, 0.29) is 4.90 Å². The molecular weight excluding hydrogens is 238 g/mol. The first-order chi connectivity index (χ1) is 7.62. The van der Waals surface area contributed by atoms with Gasteiger partial charge in [0, 0.05) is 6.42 Å². The lowest BCUT2D eigenvalue weighted by Crippen LogP contribution is -2.57. The van der Waals surface area contributed by atoms with Crippen molar-refractivity contribution in [3.63, 3.8) is 0 Å². The maximum atomic E-state index is 10.9. The van der Waals surface area contributed by atoms with Gasteiger partial charge < -0.3 is 20.4 Å². The molecule has 0 spiro atoms. The van der Waals surface area contributed by atoms with Crippen LogP contribution in [0.2, 0.25) is 0 Å². The van der Waals surface area contributed by atoms with Gasteiger partial charge in [0.1, 0.15) is 0 Å². The highest BCUT2D eigenvalue weighted by atomic mass is 16.4. The zero-order chi connectivity index (χ0) is 13.8. The Morgan fingerprint density at radius 3 is 1.65 bits per heavy atom. The lowest BCUT2D eigenvalue weighted by atomic mass is 9.94. The van der Waals surface area contributed by atoms with Crippen molar-refractivity contribution < 1.29 is 39.6 Å². The van der Waals surface area contributed by atoms with E-state index in [4.69, 9.17) is 20.4 Å². The number of hydrogen-bond donors (Lipinski definition) is 4. The second kappa shape index (κ2) is 5.14. The van der Waals surface area contributed by atoms with Crippen molar-refractivity contribution >= 4 is 24.1 Å². The van der Waals surface area contributed by atoms with Crippen LogP contribution in [0.5, 0.6) is 0 Å². The van der Waals surface area contributed by atoms with Crippen LogP contribution in [0.4, 0.5) is 9.59 Å². The fraction of sp³-hybridized carbons (Fsp3) is 0.500. The van der Waals surface area contributed by atoms with Crippen LogP contribution in [-0.4, -0.2) is 55.0 Å². The standard InChI is InChI=1S/C8H11NO8/c1-8(5(12)13,3-2-4(10)11)9(6(14)15)7(16)17/h2-3H2,1H3,(H,10,11)(H,12,13)(H,14,15)(H,16,17). The van der Waals surface area contributed by atoms with Gasteiger partial charge in [-0.25, -0.2) is 14.4 Å². The maximum absolute atomic E-state index is 10.9. The number of carbonyl (C=O) groups is 4. The Morgan fingerprint density at radius 2 is 1.41 bits per heavy atom. The Kier molecular flexibility index (Phi) is 4.44. The van der Waals surface area contributed by atoms with E-state index in [9.17, 15) is 19.2 Å². The smallest absolute Gasteiger partial charge is 0.417 e. The van der Waals surface area contributed by atoms with Gasteiger partial charge in [0.05, 0.1) is 0 Å². The number of amides is 2. The average Bonchev–Trinajstić information content (AvgIpc) is 2.13. The summed E-state index contributed by atoms with van der Waals surface area (Å²) in [5.41, 5.74) is -2.34. The molecule has 9 heteroatoms. The van der Waals surface area contributed by atoms with Crippen LogP contribution in [0.1, 0.15) is 19.8 Å². The first-order valence-corrected chi connectivity index (χ1v) is 4.34. The minimum atomic E-state index is -2.34. The fourth-order valence-corrected chi connectivity index (χ4v) is 1.17. The number of carboxylic acids is 2. The second-order valence-corrected chi connectivity index (χ2v) is 3.37. The Hall–Kier alpha value is -2.32. The Morgan fingerprint density at radius 1 is 1.00 bits per heavy atom. The predicted octanol–water partition coefficient (Wildman–Crippen LogP) is 0.353. The molecule has 1 unspecified atom stereocenters. The quantitative estimate of drug-likeness (QED) is 0.544. The predicted molar refractivity (Wildman–Crippen MR) is 50.8 cm³/mol. The second-order valence-electron chi connectivity index (χ2n) is 3.37. The zero-order valence-electron chi connectivity index (χ0n) is 8.78. The number of aliphatic carboxylic acids is 2. The molecule has 0 saturated heterocycles. The van der Waals surface area contributed by atoms with Crippen molar-refractivity contribution in [1.29, 1.82) is 0 Å². The summed E-state index contributed by atoms with van der Waals surface area (Å²) >= 11 is 0. The molecule has 0 aliphatic carbocycles. The molecular formula is C8H11NO8. The highest BCUT2D eigenvalue weighted by Crippen LogP contribution is 2.22. The van der Waals surface area contributed by atoms with Crippen LogP contribution in [0.3, 0.4) is 0 Å². The molecule has 0 aromatic heterocycles. The molecule has 0 rings (SSSR count). The largest absolute Gasteiger partial charge is 0.481 e. The molecule has 0 aromatic rings. The summed E-state index contributed by atoms with van der Waals surface area (Å²) in [5.74, 6) is -3.09. The minimum absolute atomic E-state index is 0.321. The summed E-state index contributed by atoms with van der Waals surface area (Å²) < 4.78 is 0. The van der Waals surface area contributed by atoms with Crippen molar-refractivity contribution in [2.45, 2.75) is 25.3 Å². The van der Waals surface area contributed by atoms with Crippen molar-refractivity contribution in [3.05, 3.63) is 0 Å². The van der Waals surface area contributed by atoms with Crippen LogP contribution < -0.4 is 0 Å². The van der Waals surface area contributed by atoms with Gasteiger partial charge in [-0.2, -0.15) is 4.90 Å². The SMILES string of the molecule is CC(CCC(=O)O)(C(=O)O)N(C(=O)O)C(=O)O. The molecule has 4 N–H and O–H groups in total. The lowest BCUT2D eigenvalue weighted by Gasteiger charge is -2.31. The van der Waals surface area contributed by atoms with E-state index >= 15 is 0 Å². The van der Waals surface area contributed by atoms with Gasteiger partial charge >= 0.3 is 24.1 Å². The van der Waals surface area contributed by atoms with Crippen LogP contribution >= 0.6 is 0 Å². The van der Waals surface area contributed by atoms with E-state index in [1.54, 1.807) is 0 Å². The highest BCUT2D eigenvalue weighted by Gasteiger charge is 2.46. The van der Waals surface area contributed by atoms with E-state index in [0.29, 0.717) is 0 Å². The molecule has 2 amide bonds. The van der Waals surface area contributed by atoms with E-state index in [2.05, 4.69) is 0 Å². The van der Waals surface area contributed by atoms with Crippen LogP contribution in [0.25, 0.3) is 0 Å². The van der Waals surface area contributed by atoms with Gasteiger partial charge in [-0.1, -0.05) is 0 Å². The number of rotatable bonds is 5. The van der Waals surface area contributed by atoms with Gasteiger partial charge in [-0.05, 0) is 13.3 Å². The summed E-state index contributed by atoms with van der Waals surface area (Å²) in [6.45, 7) is 0.834. The first-order valence-electron chi connectivity index (χ1n) is 4.34. The van der Waals surface area contributed by atoms with Gasteiger partial charge in [0.2, 0.25) is 0 Å².